The minimum atomic E-state index is -0.0843. The maximum Gasteiger partial charge on any atom is 0.231 e. The molecule has 0 aromatic heterocycles. The number of hydrogen-bond donors (Lipinski definition) is 0. The van der Waals surface area contributed by atoms with E-state index in [4.69, 9.17) is 21.1 Å². The van der Waals surface area contributed by atoms with Crippen LogP contribution in [0, 0.1) is 6.92 Å². The molecule has 0 bridgehead atoms. The summed E-state index contributed by atoms with van der Waals surface area (Å²) in [6.45, 7) is 10.6. The van der Waals surface area contributed by atoms with Crippen LogP contribution in [0.25, 0.3) is 6.08 Å². The quantitative estimate of drug-likeness (QED) is 0.373. The van der Waals surface area contributed by atoms with E-state index in [0.717, 1.165) is 46.0 Å². The van der Waals surface area contributed by atoms with E-state index in [2.05, 4.69) is 43.9 Å². The number of allylic oxidation sites excluding steroid dienone is 1. The number of carbonyl (C=O) groups excluding carboxylic acids is 1. The summed E-state index contributed by atoms with van der Waals surface area (Å²) in [7, 11) is 0. The van der Waals surface area contributed by atoms with Crippen molar-refractivity contribution in [1.82, 2.24) is 4.90 Å². The predicted octanol–water partition coefficient (Wildman–Crippen LogP) is 6.96. The first kappa shape index (κ1) is 23.7. The maximum absolute atomic E-state index is 13.2. The Balaban J connectivity index is 1.35. The first-order valence-electron chi connectivity index (χ1n) is 12.0. The Morgan fingerprint density at radius 3 is 2.51 bits per heavy atom. The van der Waals surface area contributed by atoms with Crippen LogP contribution < -0.4 is 9.47 Å². The molecule has 0 aliphatic carbocycles. The summed E-state index contributed by atoms with van der Waals surface area (Å²) in [6, 6.07) is 18.1. The second-order valence-electron chi connectivity index (χ2n) is 10.3. The highest BCUT2D eigenvalue weighted by atomic mass is 35.5. The second kappa shape index (κ2) is 9.18. The molecule has 4 nitrogen and oxygen atoms in total. The number of halogens is 1. The molecule has 35 heavy (non-hydrogen) atoms. The molecular formula is C30H30ClNO3. The van der Waals surface area contributed by atoms with Crippen molar-refractivity contribution < 1.29 is 14.3 Å². The normalized spacial score (nSPS) is 16.6. The summed E-state index contributed by atoms with van der Waals surface area (Å²) in [5.74, 6) is 1.70. The predicted molar refractivity (Wildman–Crippen MR) is 140 cm³/mol. The number of rotatable bonds is 4. The summed E-state index contributed by atoms with van der Waals surface area (Å²) in [5, 5.41) is 0.787. The fraction of sp³-hybridized carbons (Fsp3) is 0.300. The minimum absolute atomic E-state index is 0.0824. The number of carbonyl (C=O) groups is 1. The van der Waals surface area contributed by atoms with Crippen LogP contribution in [0.5, 0.6) is 11.5 Å². The number of fused-ring (bicyclic) bond motifs is 2. The van der Waals surface area contributed by atoms with E-state index in [0.29, 0.717) is 30.3 Å². The summed E-state index contributed by atoms with van der Waals surface area (Å²) in [6.07, 6.45) is 2.66. The number of hydrogen-bond acceptors (Lipinski definition) is 4. The van der Waals surface area contributed by atoms with Gasteiger partial charge in [0.1, 0.15) is 18.2 Å². The summed E-state index contributed by atoms with van der Waals surface area (Å²) in [4.78, 5) is 15.5. The largest absolute Gasteiger partial charge is 0.477 e. The molecule has 3 aromatic carbocycles. The van der Waals surface area contributed by atoms with Gasteiger partial charge in [0, 0.05) is 29.2 Å². The molecule has 0 atom stereocenters. The molecule has 180 valence electrons. The third-order valence-electron chi connectivity index (χ3n) is 6.73. The van der Waals surface area contributed by atoms with Gasteiger partial charge in [0.25, 0.3) is 0 Å². The number of ketones is 1. The standard InChI is InChI=1S/C30H30ClNO3/c1-19-28-22(17-32(18-34-28)14-13-21-7-5-6-8-25(21)31)16-24-27(33)26(35-29(19)24)15-20-9-11-23(12-10-20)30(2,3)4/h5-12,15-16H,13-14,17-18H2,1-4H3/b26-15-. The van der Waals surface area contributed by atoms with Crippen LogP contribution in [0.2, 0.25) is 5.02 Å². The highest BCUT2D eigenvalue weighted by Gasteiger charge is 2.33. The molecule has 5 rings (SSSR count). The fourth-order valence-electron chi connectivity index (χ4n) is 4.65. The van der Waals surface area contributed by atoms with Crippen LogP contribution in [0.1, 0.15) is 58.9 Å². The molecule has 0 spiro atoms. The Morgan fingerprint density at radius 1 is 1.06 bits per heavy atom. The molecule has 0 radical (unpaired) electrons. The number of nitrogens with zero attached hydrogens (tertiary/aromatic N) is 1. The van der Waals surface area contributed by atoms with Gasteiger partial charge in [-0.3, -0.25) is 9.69 Å². The van der Waals surface area contributed by atoms with Crippen LogP contribution in [0.15, 0.2) is 60.4 Å². The van der Waals surface area contributed by atoms with Gasteiger partial charge in [-0.15, -0.1) is 0 Å². The molecule has 2 aliphatic rings. The first-order valence-corrected chi connectivity index (χ1v) is 12.4. The lowest BCUT2D eigenvalue weighted by Gasteiger charge is -2.30. The summed E-state index contributed by atoms with van der Waals surface area (Å²) < 4.78 is 12.2. The van der Waals surface area contributed by atoms with Crippen molar-refractivity contribution in [2.75, 3.05) is 13.3 Å². The zero-order valence-electron chi connectivity index (χ0n) is 20.7. The van der Waals surface area contributed by atoms with Crippen LogP contribution in [0.3, 0.4) is 0 Å². The van der Waals surface area contributed by atoms with Gasteiger partial charge in [-0.2, -0.15) is 0 Å². The van der Waals surface area contributed by atoms with Crippen molar-refractivity contribution >= 4 is 23.5 Å². The molecule has 0 saturated heterocycles. The zero-order chi connectivity index (χ0) is 24.7. The summed E-state index contributed by atoms with van der Waals surface area (Å²) in [5.41, 5.74) is 5.90. The van der Waals surface area contributed by atoms with Gasteiger partial charge in [0.2, 0.25) is 5.78 Å². The SMILES string of the molecule is Cc1c2c(cc3c1O/C(=C\c1ccc(C(C)(C)C)cc1)C3=O)CN(CCc1ccccc1Cl)CO2. The lowest BCUT2D eigenvalue weighted by atomic mass is 9.86. The van der Waals surface area contributed by atoms with Crippen molar-refractivity contribution in [3.63, 3.8) is 0 Å². The van der Waals surface area contributed by atoms with Gasteiger partial charge < -0.3 is 9.47 Å². The molecule has 0 fully saturated rings. The molecule has 2 aliphatic heterocycles. The third-order valence-corrected chi connectivity index (χ3v) is 7.10. The first-order chi connectivity index (χ1) is 16.7. The van der Waals surface area contributed by atoms with Gasteiger partial charge in [-0.05, 0) is 53.7 Å². The van der Waals surface area contributed by atoms with Crippen LogP contribution in [-0.2, 0) is 18.4 Å². The van der Waals surface area contributed by atoms with Crippen molar-refractivity contribution in [2.45, 2.75) is 46.1 Å². The highest BCUT2D eigenvalue weighted by Crippen LogP contribution is 2.43. The highest BCUT2D eigenvalue weighted by molar-refractivity contribution is 6.31. The average Bonchev–Trinajstić information content (AvgIpc) is 3.14. The van der Waals surface area contributed by atoms with Gasteiger partial charge in [-0.25, -0.2) is 0 Å². The van der Waals surface area contributed by atoms with E-state index in [1.165, 1.54) is 5.56 Å². The molecule has 0 amide bonds. The van der Waals surface area contributed by atoms with E-state index in [1.54, 1.807) is 0 Å². The van der Waals surface area contributed by atoms with E-state index in [1.807, 2.05) is 49.4 Å². The lowest BCUT2D eigenvalue weighted by Crippen LogP contribution is -2.34. The fourth-order valence-corrected chi connectivity index (χ4v) is 4.88. The van der Waals surface area contributed by atoms with Crippen molar-refractivity contribution in [3.8, 4) is 11.5 Å². The number of ether oxygens (including phenoxy) is 2. The molecule has 3 aromatic rings. The molecular weight excluding hydrogens is 458 g/mol. The van der Waals surface area contributed by atoms with Crippen molar-refractivity contribution in [3.05, 3.63) is 98.8 Å². The molecule has 2 heterocycles. The van der Waals surface area contributed by atoms with Crippen molar-refractivity contribution in [1.29, 1.82) is 0 Å². The van der Waals surface area contributed by atoms with Crippen molar-refractivity contribution in [2.24, 2.45) is 0 Å². The number of benzene rings is 3. The Labute approximate surface area is 212 Å². The zero-order valence-corrected chi connectivity index (χ0v) is 21.4. The Morgan fingerprint density at radius 2 is 1.80 bits per heavy atom. The number of Topliss-reactive ketones (excluding diaryl/α,β-unsaturated/α-hetero) is 1. The van der Waals surface area contributed by atoms with Gasteiger partial charge in [-0.1, -0.05) is 74.8 Å². The topological polar surface area (TPSA) is 38.8 Å². The van der Waals surface area contributed by atoms with E-state index in [-0.39, 0.29) is 11.2 Å². The Hall–Kier alpha value is -3.08. The van der Waals surface area contributed by atoms with Gasteiger partial charge in [0.05, 0.1) is 5.56 Å². The second-order valence-corrected chi connectivity index (χ2v) is 10.8. The van der Waals surface area contributed by atoms with E-state index < -0.39 is 0 Å². The summed E-state index contributed by atoms with van der Waals surface area (Å²) >= 11 is 6.32. The van der Waals surface area contributed by atoms with Gasteiger partial charge >= 0.3 is 0 Å². The van der Waals surface area contributed by atoms with Gasteiger partial charge in [0.15, 0.2) is 5.76 Å². The van der Waals surface area contributed by atoms with E-state index in [9.17, 15) is 4.79 Å². The molecule has 0 N–H and O–H groups in total. The van der Waals surface area contributed by atoms with Crippen LogP contribution >= 0.6 is 11.6 Å². The van der Waals surface area contributed by atoms with E-state index >= 15 is 0 Å². The Kier molecular flexibility index (Phi) is 6.20. The third kappa shape index (κ3) is 4.73. The maximum atomic E-state index is 13.2. The van der Waals surface area contributed by atoms with Crippen LogP contribution in [0.4, 0.5) is 0 Å². The minimum Gasteiger partial charge on any atom is -0.477 e. The lowest BCUT2D eigenvalue weighted by molar-refractivity contribution is 0.0954. The molecule has 5 heteroatoms. The smallest absolute Gasteiger partial charge is 0.231 e. The van der Waals surface area contributed by atoms with Crippen LogP contribution in [-0.4, -0.2) is 24.0 Å². The monoisotopic (exact) mass is 487 g/mol. The Bertz CT molecular complexity index is 1320. The average molecular weight is 488 g/mol. The molecule has 0 unspecified atom stereocenters. The molecule has 0 saturated carbocycles.